The molecule has 2 aromatic rings. The second-order valence-corrected chi connectivity index (χ2v) is 8.52. The lowest BCUT2D eigenvalue weighted by Gasteiger charge is -2.36. The quantitative estimate of drug-likeness (QED) is 0.844. The minimum Gasteiger partial charge on any atom is -0.481 e. The summed E-state index contributed by atoms with van der Waals surface area (Å²) in [5, 5.41) is 13.4. The Labute approximate surface area is 140 Å². The Morgan fingerprint density at radius 2 is 2.10 bits per heavy atom. The molecule has 0 amide bonds. The van der Waals surface area contributed by atoms with Crippen molar-refractivity contribution in [1.82, 2.24) is 4.90 Å². The molecule has 1 atom stereocenters. The molecule has 0 bridgehead atoms. The number of thiophene rings is 2. The van der Waals surface area contributed by atoms with Crippen molar-refractivity contribution in [2.75, 3.05) is 13.1 Å². The van der Waals surface area contributed by atoms with Crippen molar-refractivity contribution in [3.05, 3.63) is 43.2 Å². The number of aliphatic carboxylic acids is 1. The average Bonchev–Trinajstić information content (AvgIpc) is 3.12. The number of carboxylic acids is 1. The van der Waals surface area contributed by atoms with E-state index in [1.807, 2.05) is 0 Å². The zero-order chi connectivity index (χ0) is 14.8. The highest BCUT2D eigenvalue weighted by molar-refractivity contribution is 9.11. The molecule has 0 radical (unpaired) electrons. The molecule has 3 rings (SSSR count). The van der Waals surface area contributed by atoms with Gasteiger partial charge in [0.25, 0.3) is 0 Å². The van der Waals surface area contributed by atoms with Crippen LogP contribution >= 0.6 is 38.6 Å². The number of carbonyl (C=O) groups is 1. The summed E-state index contributed by atoms with van der Waals surface area (Å²) in [6, 6.07) is 6.68. The van der Waals surface area contributed by atoms with Crippen LogP contribution in [-0.2, 0) is 4.79 Å². The van der Waals surface area contributed by atoms with Crippen LogP contribution in [0.25, 0.3) is 0 Å². The summed E-state index contributed by atoms with van der Waals surface area (Å²) in [4.78, 5) is 14.8. The fourth-order valence-electron chi connectivity index (χ4n) is 2.87. The molecular weight excluding hydrogens is 370 g/mol. The third-order valence-electron chi connectivity index (χ3n) is 3.97. The summed E-state index contributed by atoms with van der Waals surface area (Å²) in [7, 11) is 0. The van der Waals surface area contributed by atoms with Crippen LogP contribution < -0.4 is 0 Å². The standard InChI is InChI=1S/C15H16BrNO2S2/c16-13-2-1-12(21-13)14(11-5-8-20-9-11)17-6-3-10(4-7-17)15(18)19/h1-2,5,8-10,14H,3-4,6-7H2,(H,18,19). The summed E-state index contributed by atoms with van der Waals surface area (Å²) >= 11 is 7.01. The molecule has 0 aromatic carbocycles. The van der Waals surface area contributed by atoms with Gasteiger partial charge in [-0.2, -0.15) is 11.3 Å². The molecule has 3 heterocycles. The first-order valence-electron chi connectivity index (χ1n) is 6.89. The van der Waals surface area contributed by atoms with E-state index < -0.39 is 5.97 Å². The van der Waals surface area contributed by atoms with Crippen LogP contribution in [-0.4, -0.2) is 29.1 Å². The lowest BCUT2D eigenvalue weighted by Crippen LogP contribution is -2.38. The molecule has 0 spiro atoms. The SMILES string of the molecule is O=C(O)C1CCN(C(c2ccsc2)c2ccc(Br)s2)CC1. The van der Waals surface area contributed by atoms with E-state index in [-0.39, 0.29) is 12.0 Å². The molecule has 6 heteroatoms. The van der Waals surface area contributed by atoms with Crippen molar-refractivity contribution in [1.29, 1.82) is 0 Å². The Balaban J connectivity index is 1.82. The van der Waals surface area contributed by atoms with Gasteiger partial charge in [-0.3, -0.25) is 9.69 Å². The van der Waals surface area contributed by atoms with Gasteiger partial charge in [0.1, 0.15) is 0 Å². The van der Waals surface area contributed by atoms with Crippen LogP contribution in [0, 0.1) is 5.92 Å². The zero-order valence-corrected chi connectivity index (χ0v) is 14.6. The first-order valence-corrected chi connectivity index (χ1v) is 9.44. The van der Waals surface area contributed by atoms with Gasteiger partial charge in [0.2, 0.25) is 0 Å². The van der Waals surface area contributed by atoms with Gasteiger partial charge >= 0.3 is 5.97 Å². The van der Waals surface area contributed by atoms with Crippen molar-refractivity contribution >= 4 is 44.6 Å². The highest BCUT2D eigenvalue weighted by Crippen LogP contribution is 2.38. The van der Waals surface area contributed by atoms with Gasteiger partial charge in [0.05, 0.1) is 15.7 Å². The van der Waals surface area contributed by atoms with E-state index >= 15 is 0 Å². The van der Waals surface area contributed by atoms with Gasteiger partial charge in [-0.05, 0) is 76.4 Å². The number of rotatable bonds is 4. The third kappa shape index (κ3) is 3.39. The maximum absolute atomic E-state index is 11.1. The molecule has 1 N–H and O–H groups in total. The zero-order valence-electron chi connectivity index (χ0n) is 11.4. The largest absolute Gasteiger partial charge is 0.481 e. The van der Waals surface area contributed by atoms with Crippen LogP contribution in [0.2, 0.25) is 0 Å². The lowest BCUT2D eigenvalue weighted by molar-refractivity contribution is -0.143. The van der Waals surface area contributed by atoms with Crippen LogP contribution in [0.4, 0.5) is 0 Å². The summed E-state index contributed by atoms with van der Waals surface area (Å²) < 4.78 is 1.14. The van der Waals surface area contributed by atoms with E-state index in [2.05, 4.69) is 49.8 Å². The Bertz CT molecular complexity index is 603. The van der Waals surface area contributed by atoms with Gasteiger partial charge < -0.3 is 5.11 Å². The number of halogens is 1. The first-order chi connectivity index (χ1) is 10.1. The average molecular weight is 386 g/mol. The Hall–Kier alpha value is -0.690. The summed E-state index contributed by atoms with van der Waals surface area (Å²) in [5.74, 6) is -0.833. The van der Waals surface area contributed by atoms with Crippen LogP contribution in [0.3, 0.4) is 0 Å². The van der Waals surface area contributed by atoms with Gasteiger partial charge in [0, 0.05) is 4.88 Å². The second-order valence-electron chi connectivity index (χ2n) is 5.25. The Morgan fingerprint density at radius 1 is 1.33 bits per heavy atom. The summed E-state index contributed by atoms with van der Waals surface area (Å²) in [5.41, 5.74) is 1.31. The van der Waals surface area contributed by atoms with Gasteiger partial charge in [-0.15, -0.1) is 11.3 Å². The molecule has 0 aliphatic carbocycles. The van der Waals surface area contributed by atoms with Crippen molar-refractivity contribution in [3.63, 3.8) is 0 Å². The van der Waals surface area contributed by atoms with E-state index in [4.69, 9.17) is 5.11 Å². The molecule has 1 aliphatic rings. The molecule has 2 aromatic heterocycles. The molecule has 112 valence electrons. The predicted octanol–water partition coefficient (Wildman–Crippen LogP) is 4.46. The molecule has 1 aliphatic heterocycles. The van der Waals surface area contributed by atoms with Crippen molar-refractivity contribution in [2.24, 2.45) is 5.92 Å². The van der Waals surface area contributed by atoms with Gasteiger partial charge in [-0.1, -0.05) is 0 Å². The van der Waals surface area contributed by atoms with Gasteiger partial charge in [0.15, 0.2) is 0 Å². The van der Waals surface area contributed by atoms with Crippen molar-refractivity contribution < 1.29 is 9.90 Å². The number of piperidine rings is 1. The predicted molar refractivity (Wildman–Crippen MR) is 90.1 cm³/mol. The topological polar surface area (TPSA) is 40.5 Å². The monoisotopic (exact) mass is 385 g/mol. The molecule has 21 heavy (non-hydrogen) atoms. The summed E-state index contributed by atoms with van der Waals surface area (Å²) in [6.07, 6.45) is 1.48. The van der Waals surface area contributed by atoms with E-state index in [1.54, 1.807) is 22.7 Å². The summed E-state index contributed by atoms with van der Waals surface area (Å²) in [6.45, 7) is 1.68. The van der Waals surface area contributed by atoms with Gasteiger partial charge in [-0.25, -0.2) is 0 Å². The minimum absolute atomic E-state index is 0.181. The highest BCUT2D eigenvalue weighted by atomic mass is 79.9. The van der Waals surface area contributed by atoms with E-state index in [1.165, 1.54) is 10.4 Å². The number of carboxylic acid groups (broad SMARTS) is 1. The molecule has 0 saturated carbocycles. The highest BCUT2D eigenvalue weighted by Gasteiger charge is 2.30. The first kappa shape index (κ1) is 15.2. The fraction of sp³-hybridized carbons (Fsp3) is 0.400. The van der Waals surface area contributed by atoms with Crippen LogP contribution in [0.15, 0.2) is 32.7 Å². The Kier molecular flexibility index (Phi) is 4.78. The number of hydrogen-bond acceptors (Lipinski definition) is 4. The minimum atomic E-state index is -0.652. The molecule has 3 nitrogen and oxygen atoms in total. The van der Waals surface area contributed by atoms with Crippen LogP contribution in [0.5, 0.6) is 0 Å². The normalized spacial score (nSPS) is 18.7. The maximum atomic E-state index is 11.1. The lowest BCUT2D eigenvalue weighted by atomic mass is 9.94. The second kappa shape index (κ2) is 6.60. The number of hydrogen-bond donors (Lipinski definition) is 1. The van der Waals surface area contributed by atoms with E-state index in [9.17, 15) is 4.79 Å². The Morgan fingerprint density at radius 3 is 2.62 bits per heavy atom. The molecular formula is C15H16BrNO2S2. The van der Waals surface area contributed by atoms with Crippen LogP contribution in [0.1, 0.15) is 29.3 Å². The van der Waals surface area contributed by atoms with E-state index in [0.29, 0.717) is 0 Å². The maximum Gasteiger partial charge on any atom is 0.306 e. The number of likely N-dealkylation sites (tertiary alicyclic amines) is 1. The fourth-order valence-corrected chi connectivity index (χ4v) is 5.13. The van der Waals surface area contributed by atoms with Crippen molar-refractivity contribution in [3.8, 4) is 0 Å². The van der Waals surface area contributed by atoms with Crippen molar-refractivity contribution in [2.45, 2.75) is 18.9 Å². The molecule has 1 saturated heterocycles. The third-order valence-corrected chi connectivity index (χ3v) is 6.34. The molecule has 1 fully saturated rings. The smallest absolute Gasteiger partial charge is 0.306 e. The van der Waals surface area contributed by atoms with E-state index in [0.717, 1.165) is 29.7 Å². The number of nitrogens with zero attached hydrogens (tertiary/aromatic N) is 1. The molecule has 1 unspecified atom stereocenters.